The van der Waals surface area contributed by atoms with Gasteiger partial charge in [0.1, 0.15) is 0 Å². The highest BCUT2D eigenvalue weighted by molar-refractivity contribution is 5.93. The van der Waals surface area contributed by atoms with Gasteiger partial charge in [0.25, 0.3) is 0 Å². The van der Waals surface area contributed by atoms with Crippen LogP contribution in [-0.4, -0.2) is 12.2 Å². The second kappa shape index (κ2) is 6.42. The van der Waals surface area contributed by atoms with E-state index >= 15 is 0 Å². The number of anilines is 1. The van der Waals surface area contributed by atoms with Gasteiger partial charge in [-0.15, -0.1) is 0 Å². The lowest BCUT2D eigenvalue weighted by Crippen LogP contribution is -2.23. The summed E-state index contributed by atoms with van der Waals surface area (Å²) in [5.41, 5.74) is 0.470. The van der Waals surface area contributed by atoms with Crippen molar-refractivity contribution in [2.45, 2.75) is 0 Å². The lowest BCUT2D eigenvalue weighted by atomic mass is 10.2. The van der Waals surface area contributed by atoms with Crippen molar-refractivity contribution in [3.05, 3.63) is 64.5 Å². The number of nitrogens with one attached hydrogen (secondary N) is 1. The van der Waals surface area contributed by atoms with Crippen LogP contribution in [-0.2, 0) is 0 Å². The number of carboxylic acids is 1. The molecule has 0 atom stereocenters. The molecule has 0 unspecified atom stereocenters. The average molecular weight is 329 g/mol. The van der Waals surface area contributed by atoms with Crippen molar-refractivity contribution in [2.75, 3.05) is 5.43 Å². The van der Waals surface area contributed by atoms with Crippen LogP contribution in [0.25, 0.3) is 0 Å². The number of hydrogen-bond donors (Lipinski definition) is 1. The van der Waals surface area contributed by atoms with E-state index in [9.17, 15) is 31.9 Å². The Bertz CT molecular complexity index is 779. The van der Waals surface area contributed by atoms with Crippen LogP contribution in [0.1, 0.15) is 15.9 Å². The van der Waals surface area contributed by atoms with Gasteiger partial charge in [0.2, 0.25) is 5.82 Å². The first-order valence-corrected chi connectivity index (χ1v) is 5.95. The van der Waals surface area contributed by atoms with Crippen LogP contribution in [0.2, 0.25) is 0 Å². The van der Waals surface area contributed by atoms with Crippen LogP contribution in [0.3, 0.4) is 0 Å². The van der Waals surface area contributed by atoms with Crippen LogP contribution in [0.5, 0.6) is 0 Å². The first-order chi connectivity index (χ1) is 10.8. The quantitative estimate of drug-likeness (QED) is 0.307. The Morgan fingerprint density at radius 3 is 2.04 bits per heavy atom. The van der Waals surface area contributed by atoms with Gasteiger partial charge in [-0.05, 0) is 6.07 Å². The molecule has 0 radical (unpaired) electrons. The van der Waals surface area contributed by atoms with E-state index in [4.69, 9.17) is 0 Å². The number of carbonyl (C=O) groups excluding carboxylic acids is 1. The Hall–Kier alpha value is -2.97. The number of benzene rings is 2. The van der Waals surface area contributed by atoms with E-state index in [1.54, 1.807) is 0 Å². The molecule has 120 valence electrons. The standard InChI is InChI=1S/C14H7F5N2O2/c15-9-7(10(16)12(18)13(19)11(9)17)5-20-21-8-4-2-1-3-6(8)14(22)23/h1-5,21H,(H,22,23)/p-1/b20-5-. The predicted octanol–water partition coefficient (Wildman–Crippen LogP) is 2.19. The Kier molecular flexibility index (Phi) is 4.58. The Morgan fingerprint density at radius 2 is 1.48 bits per heavy atom. The number of para-hydroxylation sites is 1. The first kappa shape index (κ1) is 16.4. The van der Waals surface area contributed by atoms with Gasteiger partial charge in [0.15, 0.2) is 23.3 Å². The van der Waals surface area contributed by atoms with Gasteiger partial charge in [-0.25, -0.2) is 22.0 Å². The van der Waals surface area contributed by atoms with Crippen LogP contribution >= 0.6 is 0 Å². The fraction of sp³-hybridized carbons (Fsp3) is 0. The molecule has 0 heterocycles. The first-order valence-electron chi connectivity index (χ1n) is 5.95. The monoisotopic (exact) mass is 329 g/mol. The number of nitrogens with zero attached hydrogens (tertiary/aromatic N) is 1. The molecule has 0 fully saturated rings. The summed E-state index contributed by atoms with van der Waals surface area (Å²) >= 11 is 0. The molecule has 23 heavy (non-hydrogen) atoms. The number of halogens is 5. The van der Waals surface area contributed by atoms with Gasteiger partial charge in [-0.3, -0.25) is 5.43 Å². The molecule has 1 N–H and O–H groups in total. The summed E-state index contributed by atoms with van der Waals surface area (Å²) in [6.45, 7) is 0. The van der Waals surface area contributed by atoms with Crippen molar-refractivity contribution in [3.63, 3.8) is 0 Å². The number of aromatic carboxylic acids is 1. The SMILES string of the molecule is O=C([O-])c1ccccc1N/N=C\c1c(F)c(F)c(F)c(F)c1F. The second-order valence-electron chi connectivity index (χ2n) is 4.19. The van der Waals surface area contributed by atoms with Crippen molar-refractivity contribution in [1.29, 1.82) is 0 Å². The Balaban J connectivity index is 2.35. The lowest BCUT2D eigenvalue weighted by Gasteiger charge is -2.09. The number of carboxylic acid groups (broad SMARTS) is 1. The van der Waals surface area contributed by atoms with Crippen molar-refractivity contribution in [1.82, 2.24) is 0 Å². The molecule has 0 saturated heterocycles. The summed E-state index contributed by atoms with van der Waals surface area (Å²) in [6, 6.07) is 5.26. The summed E-state index contributed by atoms with van der Waals surface area (Å²) in [7, 11) is 0. The molecule has 0 aliphatic rings. The van der Waals surface area contributed by atoms with Crippen LogP contribution in [0.4, 0.5) is 27.6 Å². The fourth-order valence-electron chi connectivity index (χ4n) is 1.66. The molecular weight excluding hydrogens is 323 g/mol. The predicted molar refractivity (Wildman–Crippen MR) is 68.2 cm³/mol. The molecule has 0 aliphatic heterocycles. The fourth-order valence-corrected chi connectivity index (χ4v) is 1.66. The Labute approximate surface area is 125 Å². The van der Waals surface area contributed by atoms with E-state index in [0.29, 0.717) is 6.21 Å². The van der Waals surface area contributed by atoms with Crippen LogP contribution in [0, 0.1) is 29.1 Å². The zero-order valence-corrected chi connectivity index (χ0v) is 11.0. The molecular formula is C14H6F5N2O2-. The molecule has 0 amide bonds. The maximum Gasteiger partial charge on any atom is 0.200 e. The summed E-state index contributed by atoms with van der Waals surface area (Å²) in [4.78, 5) is 10.8. The van der Waals surface area contributed by atoms with E-state index in [0.717, 1.165) is 0 Å². The van der Waals surface area contributed by atoms with Gasteiger partial charge in [0.05, 0.1) is 23.4 Å². The highest BCUT2D eigenvalue weighted by atomic mass is 19.2. The number of rotatable bonds is 4. The van der Waals surface area contributed by atoms with Crippen LogP contribution in [0.15, 0.2) is 29.4 Å². The van der Waals surface area contributed by atoms with Crippen molar-refractivity contribution >= 4 is 17.9 Å². The third kappa shape index (κ3) is 3.12. The zero-order chi connectivity index (χ0) is 17.1. The number of hydrogen-bond acceptors (Lipinski definition) is 4. The number of carbonyl (C=O) groups is 1. The van der Waals surface area contributed by atoms with Crippen molar-refractivity contribution in [3.8, 4) is 0 Å². The molecule has 0 bridgehead atoms. The van der Waals surface area contributed by atoms with E-state index in [1.165, 1.54) is 24.3 Å². The molecule has 2 aromatic carbocycles. The van der Waals surface area contributed by atoms with Gasteiger partial charge < -0.3 is 9.90 Å². The zero-order valence-electron chi connectivity index (χ0n) is 11.0. The molecule has 0 aromatic heterocycles. The highest BCUT2D eigenvalue weighted by Gasteiger charge is 2.24. The van der Waals surface area contributed by atoms with Gasteiger partial charge in [0, 0.05) is 5.56 Å². The van der Waals surface area contributed by atoms with E-state index in [-0.39, 0.29) is 11.3 Å². The largest absolute Gasteiger partial charge is 0.545 e. The summed E-state index contributed by atoms with van der Waals surface area (Å²) < 4.78 is 65.6. The number of hydrazone groups is 1. The Morgan fingerprint density at radius 1 is 0.957 bits per heavy atom. The molecule has 0 spiro atoms. The van der Waals surface area contributed by atoms with Gasteiger partial charge in [-0.2, -0.15) is 5.10 Å². The summed E-state index contributed by atoms with van der Waals surface area (Å²) in [6.07, 6.45) is 0.350. The minimum absolute atomic E-state index is 0.0902. The van der Waals surface area contributed by atoms with Crippen molar-refractivity contribution in [2.24, 2.45) is 5.10 Å². The molecule has 0 aliphatic carbocycles. The molecule has 2 aromatic rings. The van der Waals surface area contributed by atoms with E-state index < -0.39 is 40.6 Å². The third-order valence-corrected chi connectivity index (χ3v) is 2.77. The maximum absolute atomic E-state index is 13.4. The van der Waals surface area contributed by atoms with Crippen molar-refractivity contribution < 1.29 is 31.9 Å². The van der Waals surface area contributed by atoms with E-state index in [2.05, 4.69) is 10.5 Å². The summed E-state index contributed by atoms with van der Waals surface area (Å²) in [5.74, 6) is -12.2. The minimum atomic E-state index is -2.28. The molecule has 2 rings (SSSR count). The smallest absolute Gasteiger partial charge is 0.200 e. The molecule has 9 heteroatoms. The van der Waals surface area contributed by atoms with Crippen LogP contribution < -0.4 is 10.5 Å². The third-order valence-electron chi connectivity index (χ3n) is 2.77. The topological polar surface area (TPSA) is 64.5 Å². The maximum atomic E-state index is 13.4. The molecule has 0 saturated carbocycles. The van der Waals surface area contributed by atoms with E-state index in [1.807, 2.05) is 0 Å². The highest BCUT2D eigenvalue weighted by Crippen LogP contribution is 2.22. The van der Waals surface area contributed by atoms with Gasteiger partial charge >= 0.3 is 0 Å². The molecule has 4 nitrogen and oxygen atoms in total. The minimum Gasteiger partial charge on any atom is -0.545 e. The average Bonchev–Trinajstić information content (AvgIpc) is 2.54. The second-order valence-corrected chi connectivity index (χ2v) is 4.19. The lowest BCUT2D eigenvalue weighted by molar-refractivity contribution is -0.254. The van der Waals surface area contributed by atoms with Gasteiger partial charge in [-0.1, -0.05) is 18.2 Å². The normalized spacial score (nSPS) is 11.0. The summed E-state index contributed by atoms with van der Waals surface area (Å²) in [5, 5.41) is 14.1.